The maximum absolute atomic E-state index is 12.0. The Morgan fingerprint density at radius 2 is 1.70 bits per heavy atom. The van der Waals surface area contributed by atoms with Crippen molar-refractivity contribution in [2.45, 2.75) is 38.5 Å². The normalized spacial score (nSPS) is 10.3. The summed E-state index contributed by atoms with van der Waals surface area (Å²) in [5, 5.41) is 8.52. The molecule has 0 amide bonds. The van der Waals surface area contributed by atoms with Crippen LogP contribution in [0.2, 0.25) is 0 Å². The Bertz CT molecular complexity index is 455. The Labute approximate surface area is 120 Å². The quantitative estimate of drug-likeness (QED) is 0.555. The zero-order valence-corrected chi connectivity index (χ0v) is 12.3. The molecule has 1 N–H and O–H groups in total. The van der Waals surface area contributed by atoms with Crippen LogP contribution in [0.4, 0.5) is 5.69 Å². The molecule has 0 atom stereocenters. The van der Waals surface area contributed by atoms with E-state index in [-0.39, 0.29) is 12.2 Å². The fourth-order valence-corrected chi connectivity index (χ4v) is 2.02. The number of ketones is 1. The molecule has 0 heterocycles. The summed E-state index contributed by atoms with van der Waals surface area (Å²) in [7, 11) is 3.90. The third-order valence-corrected chi connectivity index (χ3v) is 3.23. The molecule has 20 heavy (non-hydrogen) atoms. The predicted octanol–water partition coefficient (Wildman–Crippen LogP) is 3.36. The number of nitrogens with zero attached hydrogens (tertiary/aromatic N) is 1. The number of carboxylic acid groups (broad SMARTS) is 1. The highest BCUT2D eigenvalue weighted by Gasteiger charge is 2.07. The smallest absolute Gasteiger partial charge is 0.303 e. The molecule has 1 aromatic carbocycles. The maximum Gasteiger partial charge on any atom is 0.303 e. The lowest BCUT2D eigenvalue weighted by Gasteiger charge is -2.13. The number of Topliss-reactive ketones (excluding diaryl/α,β-unsaturated/α-hetero) is 1. The van der Waals surface area contributed by atoms with Gasteiger partial charge in [-0.25, -0.2) is 0 Å². The average molecular weight is 277 g/mol. The molecule has 0 fully saturated rings. The lowest BCUT2D eigenvalue weighted by molar-refractivity contribution is -0.137. The molecule has 0 saturated heterocycles. The molecule has 0 radical (unpaired) electrons. The fraction of sp³-hybridized carbons (Fsp3) is 0.500. The highest BCUT2D eigenvalue weighted by molar-refractivity contribution is 5.96. The van der Waals surface area contributed by atoms with Gasteiger partial charge < -0.3 is 10.0 Å². The van der Waals surface area contributed by atoms with Crippen molar-refractivity contribution in [2.24, 2.45) is 0 Å². The standard InChI is InChI=1S/C16H23NO3/c1-17(2)14-9-7-8-13(12-14)15(18)10-5-3-4-6-11-16(19)20/h7-9,12H,3-6,10-11H2,1-2H3,(H,19,20). The molecule has 0 saturated carbocycles. The number of unbranched alkanes of at least 4 members (excludes halogenated alkanes) is 3. The van der Waals surface area contributed by atoms with E-state index in [9.17, 15) is 9.59 Å². The molecule has 0 aromatic heterocycles. The van der Waals surface area contributed by atoms with Gasteiger partial charge in [0.15, 0.2) is 5.78 Å². The van der Waals surface area contributed by atoms with E-state index in [1.54, 1.807) is 0 Å². The number of rotatable bonds is 9. The number of hydrogen-bond acceptors (Lipinski definition) is 3. The molecule has 0 unspecified atom stereocenters. The SMILES string of the molecule is CN(C)c1cccc(C(=O)CCCCCCC(=O)O)c1. The van der Waals surface area contributed by atoms with Crippen LogP contribution in [0.25, 0.3) is 0 Å². The molecule has 0 spiro atoms. The second kappa shape index (κ2) is 8.35. The summed E-state index contributed by atoms with van der Waals surface area (Å²) in [4.78, 5) is 24.4. The van der Waals surface area contributed by atoms with Crippen molar-refractivity contribution in [3.05, 3.63) is 29.8 Å². The largest absolute Gasteiger partial charge is 0.481 e. The van der Waals surface area contributed by atoms with Crippen molar-refractivity contribution < 1.29 is 14.7 Å². The lowest BCUT2D eigenvalue weighted by Crippen LogP contribution is -2.09. The molecular formula is C16H23NO3. The van der Waals surface area contributed by atoms with Gasteiger partial charge in [0.05, 0.1) is 0 Å². The Kier molecular flexibility index (Phi) is 6.77. The van der Waals surface area contributed by atoms with E-state index < -0.39 is 5.97 Å². The van der Waals surface area contributed by atoms with E-state index in [2.05, 4.69) is 0 Å². The first kappa shape index (κ1) is 16.2. The Morgan fingerprint density at radius 3 is 2.30 bits per heavy atom. The van der Waals surface area contributed by atoms with Crippen LogP contribution in [0.15, 0.2) is 24.3 Å². The maximum atomic E-state index is 12.0. The highest BCUT2D eigenvalue weighted by Crippen LogP contribution is 2.16. The number of benzene rings is 1. The van der Waals surface area contributed by atoms with Crippen LogP contribution in [-0.4, -0.2) is 31.0 Å². The number of carbonyl (C=O) groups is 2. The van der Waals surface area contributed by atoms with Crippen molar-refractivity contribution in [3.8, 4) is 0 Å². The van der Waals surface area contributed by atoms with Gasteiger partial charge in [-0.15, -0.1) is 0 Å². The van der Waals surface area contributed by atoms with E-state index in [1.807, 2.05) is 43.3 Å². The van der Waals surface area contributed by atoms with E-state index in [0.29, 0.717) is 12.8 Å². The summed E-state index contributed by atoms with van der Waals surface area (Å²) < 4.78 is 0. The summed E-state index contributed by atoms with van der Waals surface area (Å²) in [6.07, 6.45) is 4.05. The van der Waals surface area contributed by atoms with Gasteiger partial charge in [-0.1, -0.05) is 25.0 Å². The molecule has 0 aliphatic carbocycles. The van der Waals surface area contributed by atoms with Gasteiger partial charge in [0, 0.05) is 38.2 Å². The minimum Gasteiger partial charge on any atom is -0.481 e. The van der Waals surface area contributed by atoms with Crippen LogP contribution in [-0.2, 0) is 4.79 Å². The number of anilines is 1. The van der Waals surface area contributed by atoms with Gasteiger partial charge in [0.25, 0.3) is 0 Å². The Hall–Kier alpha value is -1.84. The highest BCUT2D eigenvalue weighted by atomic mass is 16.4. The summed E-state index contributed by atoms with van der Waals surface area (Å²) in [5.74, 6) is -0.589. The molecule has 1 rings (SSSR count). The summed E-state index contributed by atoms with van der Waals surface area (Å²) in [6.45, 7) is 0. The first-order valence-corrected chi connectivity index (χ1v) is 7.03. The van der Waals surface area contributed by atoms with Crippen molar-refractivity contribution in [2.75, 3.05) is 19.0 Å². The third-order valence-electron chi connectivity index (χ3n) is 3.23. The van der Waals surface area contributed by atoms with Crippen LogP contribution < -0.4 is 4.90 Å². The third kappa shape index (κ3) is 5.87. The molecule has 0 bridgehead atoms. The Balaban J connectivity index is 2.32. The second-order valence-electron chi connectivity index (χ2n) is 5.18. The van der Waals surface area contributed by atoms with Crippen LogP contribution in [0, 0.1) is 0 Å². The molecule has 0 aliphatic heterocycles. The van der Waals surface area contributed by atoms with Crippen molar-refractivity contribution in [3.63, 3.8) is 0 Å². The van der Waals surface area contributed by atoms with Crippen molar-refractivity contribution >= 4 is 17.4 Å². The van der Waals surface area contributed by atoms with E-state index >= 15 is 0 Å². The van der Waals surface area contributed by atoms with Crippen LogP contribution in [0.1, 0.15) is 48.9 Å². The van der Waals surface area contributed by atoms with Gasteiger partial charge in [0.1, 0.15) is 0 Å². The molecule has 4 heteroatoms. The van der Waals surface area contributed by atoms with Gasteiger partial charge in [0.2, 0.25) is 0 Å². The second-order valence-corrected chi connectivity index (χ2v) is 5.18. The molecule has 110 valence electrons. The van der Waals surface area contributed by atoms with Crippen molar-refractivity contribution in [1.29, 1.82) is 0 Å². The fourth-order valence-electron chi connectivity index (χ4n) is 2.02. The van der Waals surface area contributed by atoms with Crippen molar-refractivity contribution in [1.82, 2.24) is 0 Å². The minimum absolute atomic E-state index is 0.159. The summed E-state index contributed by atoms with van der Waals surface area (Å²) in [6, 6.07) is 7.63. The van der Waals surface area contributed by atoms with Gasteiger partial charge in [-0.2, -0.15) is 0 Å². The molecular weight excluding hydrogens is 254 g/mol. The Morgan fingerprint density at radius 1 is 1.05 bits per heavy atom. The number of carbonyl (C=O) groups excluding carboxylic acids is 1. The molecule has 4 nitrogen and oxygen atoms in total. The number of hydrogen-bond donors (Lipinski definition) is 1. The van der Waals surface area contributed by atoms with Gasteiger partial charge in [-0.05, 0) is 25.0 Å². The van der Waals surface area contributed by atoms with Crippen LogP contribution in [0.3, 0.4) is 0 Å². The lowest BCUT2D eigenvalue weighted by atomic mass is 10.0. The topological polar surface area (TPSA) is 57.6 Å². The monoisotopic (exact) mass is 277 g/mol. The van der Waals surface area contributed by atoms with Gasteiger partial charge in [-0.3, -0.25) is 9.59 Å². The minimum atomic E-state index is -0.749. The van der Waals surface area contributed by atoms with Crippen LogP contribution in [0.5, 0.6) is 0 Å². The number of carboxylic acids is 1. The van der Waals surface area contributed by atoms with Crippen LogP contribution >= 0.6 is 0 Å². The van der Waals surface area contributed by atoms with Gasteiger partial charge >= 0.3 is 5.97 Å². The first-order chi connectivity index (χ1) is 9.50. The van der Waals surface area contributed by atoms with E-state index in [0.717, 1.165) is 30.5 Å². The summed E-state index contributed by atoms with van der Waals surface area (Å²) in [5.41, 5.74) is 1.78. The first-order valence-electron chi connectivity index (χ1n) is 7.03. The molecule has 1 aromatic rings. The number of aliphatic carboxylic acids is 1. The zero-order chi connectivity index (χ0) is 15.0. The summed E-state index contributed by atoms with van der Waals surface area (Å²) >= 11 is 0. The average Bonchev–Trinajstić information content (AvgIpc) is 2.42. The van der Waals surface area contributed by atoms with E-state index in [4.69, 9.17) is 5.11 Å². The molecule has 0 aliphatic rings. The van der Waals surface area contributed by atoms with E-state index in [1.165, 1.54) is 0 Å². The zero-order valence-electron chi connectivity index (χ0n) is 12.3. The predicted molar refractivity (Wildman–Crippen MR) is 80.4 cm³/mol.